The molecule has 0 saturated carbocycles. The molecule has 1 aromatic heterocycles. The van der Waals surface area contributed by atoms with Gasteiger partial charge in [0.25, 0.3) is 5.91 Å². The number of aryl methyl sites for hydroxylation is 1. The van der Waals surface area contributed by atoms with E-state index in [0.29, 0.717) is 18.7 Å². The highest BCUT2D eigenvalue weighted by Crippen LogP contribution is 2.10. The predicted molar refractivity (Wildman–Crippen MR) is 114 cm³/mol. The van der Waals surface area contributed by atoms with Crippen LogP contribution in [0, 0.1) is 6.92 Å². The molecule has 1 aromatic carbocycles. The summed E-state index contributed by atoms with van der Waals surface area (Å²) in [5.74, 6) is 0.697. The van der Waals surface area contributed by atoms with Gasteiger partial charge in [0.1, 0.15) is 0 Å². The number of benzene rings is 1. The molecule has 0 bridgehead atoms. The second kappa shape index (κ2) is 10.3. The average Bonchev–Trinajstić information content (AvgIpc) is 2.99. The van der Waals surface area contributed by atoms with Crippen LogP contribution in [0.4, 0.5) is 0 Å². The van der Waals surface area contributed by atoms with Crippen molar-refractivity contribution in [1.82, 2.24) is 20.5 Å². The Balaban J connectivity index is 0.00000312. The number of carbonyl (C=O) groups is 1. The Hall–Kier alpha value is -1.68. The van der Waals surface area contributed by atoms with Gasteiger partial charge in [-0.05, 0) is 24.6 Å². The van der Waals surface area contributed by atoms with E-state index in [0.717, 1.165) is 22.2 Å². The van der Waals surface area contributed by atoms with Gasteiger partial charge in [-0.2, -0.15) is 0 Å². The van der Waals surface area contributed by atoms with Gasteiger partial charge in [-0.15, -0.1) is 35.3 Å². The highest BCUT2D eigenvalue weighted by Gasteiger charge is 2.09. The van der Waals surface area contributed by atoms with Gasteiger partial charge in [-0.25, -0.2) is 4.98 Å². The molecule has 8 heteroatoms. The average molecular weight is 473 g/mol. The van der Waals surface area contributed by atoms with Crippen molar-refractivity contribution in [3.05, 3.63) is 51.5 Å². The molecule has 0 aliphatic rings. The number of nitrogens with one attached hydrogen (secondary N) is 2. The van der Waals surface area contributed by atoms with Crippen molar-refractivity contribution in [2.75, 3.05) is 21.1 Å². The molecular weight excluding hydrogens is 449 g/mol. The number of nitrogens with zero attached hydrogens (tertiary/aromatic N) is 3. The predicted octanol–water partition coefficient (Wildman–Crippen LogP) is 2.64. The molecule has 25 heavy (non-hydrogen) atoms. The summed E-state index contributed by atoms with van der Waals surface area (Å²) in [6, 6.07) is 7.54. The molecule has 0 aliphatic heterocycles. The largest absolute Gasteiger partial charge is 0.355 e. The third-order valence-corrected chi connectivity index (χ3v) is 4.33. The summed E-state index contributed by atoms with van der Waals surface area (Å²) in [7, 11) is 5.36. The quantitative estimate of drug-likeness (QED) is 0.398. The van der Waals surface area contributed by atoms with Crippen molar-refractivity contribution in [3.63, 3.8) is 0 Å². The first-order chi connectivity index (χ1) is 11.5. The van der Waals surface area contributed by atoms with Gasteiger partial charge in [-0.1, -0.05) is 12.1 Å². The van der Waals surface area contributed by atoms with E-state index in [9.17, 15) is 4.79 Å². The summed E-state index contributed by atoms with van der Waals surface area (Å²) in [4.78, 5) is 22.5. The standard InChI is InChI=1S/C17H23N5OS.HI/c1-12-21-15(11-24-12)10-22(4)17(19-3)20-9-13-6-5-7-14(8-13)16(23)18-2;/h5-8,11H,9-10H2,1-4H3,(H,18,23)(H,19,20);1H. The molecule has 136 valence electrons. The number of thiazole rings is 1. The first-order valence-electron chi connectivity index (χ1n) is 7.67. The molecule has 2 N–H and O–H groups in total. The first kappa shape index (κ1) is 21.4. The van der Waals surface area contributed by atoms with Crippen LogP contribution in [0.25, 0.3) is 0 Å². The summed E-state index contributed by atoms with van der Waals surface area (Å²) in [5, 5.41) is 9.08. The van der Waals surface area contributed by atoms with Gasteiger partial charge >= 0.3 is 0 Å². The lowest BCUT2D eigenvalue weighted by molar-refractivity contribution is 0.0963. The maximum absolute atomic E-state index is 11.7. The molecule has 0 fully saturated rings. The van der Waals surface area contributed by atoms with E-state index >= 15 is 0 Å². The maximum atomic E-state index is 11.7. The lowest BCUT2D eigenvalue weighted by Gasteiger charge is -2.21. The summed E-state index contributed by atoms with van der Waals surface area (Å²) < 4.78 is 0. The zero-order valence-electron chi connectivity index (χ0n) is 14.9. The Morgan fingerprint density at radius 1 is 1.40 bits per heavy atom. The van der Waals surface area contributed by atoms with Gasteiger partial charge in [0.05, 0.1) is 17.2 Å². The van der Waals surface area contributed by atoms with Crippen LogP contribution in [-0.2, 0) is 13.1 Å². The fourth-order valence-corrected chi connectivity index (χ4v) is 2.94. The highest BCUT2D eigenvalue weighted by atomic mass is 127. The Kier molecular flexibility index (Phi) is 8.84. The molecule has 2 rings (SSSR count). The van der Waals surface area contributed by atoms with Crippen molar-refractivity contribution >= 4 is 47.2 Å². The lowest BCUT2D eigenvalue weighted by atomic mass is 10.1. The fourth-order valence-electron chi connectivity index (χ4n) is 2.33. The number of aromatic nitrogens is 1. The third kappa shape index (κ3) is 6.28. The molecular formula is C17H24IN5OS. The van der Waals surface area contributed by atoms with E-state index in [1.165, 1.54) is 0 Å². The van der Waals surface area contributed by atoms with Gasteiger partial charge in [0.15, 0.2) is 5.96 Å². The number of hydrogen-bond donors (Lipinski definition) is 2. The molecule has 0 aliphatic carbocycles. The normalized spacial score (nSPS) is 10.8. The second-order valence-corrected chi connectivity index (χ2v) is 6.46. The number of halogens is 1. The fraction of sp³-hybridized carbons (Fsp3) is 0.353. The van der Waals surface area contributed by atoms with Crippen LogP contribution in [-0.4, -0.2) is 42.9 Å². The first-order valence-corrected chi connectivity index (χ1v) is 8.55. The third-order valence-electron chi connectivity index (χ3n) is 3.51. The maximum Gasteiger partial charge on any atom is 0.251 e. The van der Waals surface area contributed by atoms with Crippen LogP contribution in [0.5, 0.6) is 0 Å². The molecule has 0 radical (unpaired) electrons. The minimum absolute atomic E-state index is 0. The molecule has 1 amide bonds. The van der Waals surface area contributed by atoms with E-state index in [1.54, 1.807) is 31.5 Å². The van der Waals surface area contributed by atoms with Crippen molar-refractivity contribution in [3.8, 4) is 0 Å². The molecule has 0 unspecified atom stereocenters. The molecule has 2 aromatic rings. The zero-order chi connectivity index (χ0) is 17.5. The second-order valence-electron chi connectivity index (χ2n) is 5.39. The van der Waals surface area contributed by atoms with Crippen LogP contribution in [0.1, 0.15) is 26.6 Å². The van der Waals surface area contributed by atoms with E-state index in [-0.39, 0.29) is 29.9 Å². The minimum Gasteiger partial charge on any atom is -0.355 e. The topological polar surface area (TPSA) is 69.6 Å². The Labute approximate surface area is 169 Å². The molecule has 0 atom stereocenters. The van der Waals surface area contributed by atoms with E-state index < -0.39 is 0 Å². The van der Waals surface area contributed by atoms with E-state index in [1.807, 2.05) is 37.1 Å². The van der Waals surface area contributed by atoms with E-state index in [2.05, 4.69) is 26.0 Å². The van der Waals surface area contributed by atoms with Crippen molar-refractivity contribution in [2.24, 2.45) is 4.99 Å². The van der Waals surface area contributed by atoms with E-state index in [4.69, 9.17) is 0 Å². The smallest absolute Gasteiger partial charge is 0.251 e. The Bertz CT molecular complexity index is 731. The van der Waals surface area contributed by atoms with Gasteiger partial charge < -0.3 is 15.5 Å². The van der Waals surface area contributed by atoms with Crippen molar-refractivity contribution in [1.29, 1.82) is 0 Å². The molecule has 6 nitrogen and oxygen atoms in total. The highest BCUT2D eigenvalue weighted by molar-refractivity contribution is 14.0. The summed E-state index contributed by atoms with van der Waals surface area (Å²) in [6.07, 6.45) is 0. The van der Waals surface area contributed by atoms with Crippen LogP contribution >= 0.6 is 35.3 Å². The summed E-state index contributed by atoms with van der Waals surface area (Å²) in [5.41, 5.74) is 2.71. The SMILES string of the molecule is CN=C(NCc1cccc(C(=O)NC)c1)N(C)Cc1csc(C)n1.I. The van der Waals surface area contributed by atoms with Gasteiger partial charge in [-0.3, -0.25) is 9.79 Å². The molecule has 0 spiro atoms. The zero-order valence-corrected chi connectivity index (χ0v) is 18.0. The number of aliphatic imine (C=N–C) groups is 1. The number of amides is 1. The number of carbonyl (C=O) groups excluding carboxylic acids is 1. The number of hydrogen-bond acceptors (Lipinski definition) is 4. The Morgan fingerprint density at radius 2 is 2.16 bits per heavy atom. The van der Waals surface area contributed by atoms with Gasteiger partial charge in [0.2, 0.25) is 0 Å². The van der Waals surface area contributed by atoms with Crippen LogP contribution in [0.15, 0.2) is 34.6 Å². The van der Waals surface area contributed by atoms with Crippen molar-refractivity contribution in [2.45, 2.75) is 20.0 Å². The minimum atomic E-state index is -0.0859. The molecule has 1 heterocycles. The van der Waals surface area contributed by atoms with Crippen LogP contribution in [0.3, 0.4) is 0 Å². The van der Waals surface area contributed by atoms with Crippen molar-refractivity contribution < 1.29 is 4.79 Å². The number of rotatable bonds is 5. The van der Waals surface area contributed by atoms with Crippen LogP contribution < -0.4 is 10.6 Å². The lowest BCUT2D eigenvalue weighted by Crippen LogP contribution is -2.38. The monoisotopic (exact) mass is 473 g/mol. The van der Waals surface area contributed by atoms with Gasteiger partial charge in [0, 0.05) is 38.6 Å². The molecule has 0 saturated heterocycles. The number of guanidine groups is 1. The van der Waals surface area contributed by atoms with Crippen LogP contribution in [0.2, 0.25) is 0 Å². The summed E-state index contributed by atoms with van der Waals surface area (Å²) in [6.45, 7) is 3.29. The Morgan fingerprint density at radius 3 is 2.76 bits per heavy atom. The summed E-state index contributed by atoms with van der Waals surface area (Å²) >= 11 is 1.65.